The van der Waals surface area contributed by atoms with E-state index in [4.69, 9.17) is 11.6 Å². The van der Waals surface area contributed by atoms with Crippen molar-refractivity contribution in [3.05, 3.63) is 63.7 Å². The Balaban J connectivity index is 1.51. The van der Waals surface area contributed by atoms with Crippen molar-refractivity contribution >= 4 is 34.8 Å². The summed E-state index contributed by atoms with van der Waals surface area (Å²) >= 11 is 6.38. The van der Waals surface area contributed by atoms with Crippen molar-refractivity contribution in [3.8, 4) is 0 Å². The highest BCUT2D eigenvalue weighted by molar-refractivity contribution is 6.34. The Morgan fingerprint density at radius 3 is 2.17 bits per heavy atom. The lowest BCUT2D eigenvalue weighted by Crippen LogP contribution is -2.40. The number of benzene rings is 2. The molecule has 222 valence electrons. The molecule has 2 aromatic carbocycles. The first-order valence-electron chi connectivity index (χ1n) is 14.3. The second-order valence-electron chi connectivity index (χ2n) is 12.4. The molecule has 1 N–H and O–H groups in total. The second-order valence-corrected chi connectivity index (χ2v) is 12.8. The molecule has 1 amide bonds. The highest BCUT2D eigenvalue weighted by atomic mass is 35.5. The fourth-order valence-corrected chi connectivity index (χ4v) is 5.33. The van der Waals surface area contributed by atoms with Crippen molar-refractivity contribution in [2.24, 2.45) is 17.3 Å². The van der Waals surface area contributed by atoms with Gasteiger partial charge in [-0.3, -0.25) is 14.4 Å². The van der Waals surface area contributed by atoms with Crippen molar-refractivity contribution < 1.29 is 27.6 Å². The molecule has 0 spiro atoms. The van der Waals surface area contributed by atoms with E-state index in [9.17, 15) is 27.6 Å². The molecular formula is C32H38ClF3N2O3. The zero-order valence-corrected chi connectivity index (χ0v) is 24.6. The molecule has 1 heterocycles. The summed E-state index contributed by atoms with van der Waals surface area (Å²) in [6, 6.07) is 10.4. The van der Waals surface area contributed by atoms with Gasteiger partial charge >= 0.3 is 6.18 Å². The van der Waals surface area contributed by atoms with Crippen LogP contribution in [0.5, 0.6) is 0 Å². The maximum absolute atomic E-state index is 13.3. The number of Topliss-reactive ketones (excluding diaryl/α,β-unsaturated/α-hetero) is 2. The van der Waals surface area contributed by atoms with Crippen LogP contribution in [0, 0.1) is 17.3 Å². The highest BCUT2D eigenvalue weighted by Crippen LogP contribution is 2.36. The van der Waals surface area contributed by atoms with E-state index < -0.39 is 17.5 Å². The van der Waals surface area contributed by atoms with Crippen molar-refractivity contribution in [3.63, 3.8) is 0 Å². The molecule has 2 aromatic rings. The quantitative estimate of drug-likeness (QED) is 0.296. The molecule has 41 heavy (non-hydrogen) atoms. The summed E-state index contributed by atoms with van der Waals surface area (Å²) in [5, 5.41) is 3.27. The van der Waals surface area contributed by atoms with Gasteiger partial charge in [0.15, 0.2) is 5.78 Å². The summed E-state index contributed by atoms with van der Waals surface area (Å²) in [4.78, 5) is 40.7. The molecule has 0 atom stereocenters. The van der Waals surface area contributed by atoms with E-state index in [0.717, 1.165) is 18.4 Å². The summed E-state index contributed by atoms with van der Waals surface area (Å²) in [6.45, 7) is 6.59. The van der Waals surface area contributed by atoms with Gasteiger partial charge in [0.05, 0.1) is 16.5 Å². The van der Waals surface area contributed by atoms with E-state index in [-0.39, 0.29) is 49.8 Å². The third-order valence-corrected chi connectivity index (χ3v) is 8.36. The number of hydrogen-bond acceptors (Lipinski definition) is 4. The molecule has 5 nitrogen and oxygen atoms in total. The molecule has 9 heteroatoms. The maximum Gasteiger partial charge on any atom is 0.391 e. The average molecular weight is 591 g/mol. The van der Waals surface area contributed by atoms with Gasteiger partial charge in [-0.05, 0) is 73.4 Å². The number of ketones is 2. The van der Waals surface area contributed by atoms with Crippen LogP contribution in [0.3, 0.4) is 0 Å². The van der Waals surface area contributed by atoms with Gasteiger partial charge < -0.3 is 10.2 Å². The fraction of sp³-hybridized carbons (Fsp3) is 0.531. The molecule has 0 bridgehead atoms. The van der Waals surface area contributed by atoms with Crippen LogP contribution in [0.2, 0.25) is 5.02 Å². The SMILES string of the molecule is CC(C)(C)C(=O)CCc1ccc(Cl)c(C(=O)Cc2ccc(N3CCC(C(F)(F)F)CC3)c(C(=O)NCC3CC3)c2)c1. The van der Waals surface area contributed by atoms with Crippen molar-refractivity contribution in [2.75, 3.05) is 24.5 Å². The monoisotopic (exact) mass is 590 g/mol. The molecule has 0 unspecified atom stereocenters. The Labute approximate surface area is 244 Å². The zero-order chi connectivity index (χ0) is 29.9. The lowest BCUT2D eigenvalue weighted by molar-refractivity contribution is -0.179. The van der Waals surface area contributed by atoms with Crippen LogP contribution >= 0.6 is 11.6 Å². The normalized spacial score (nSPS) is 16.5. The summed E-state index contributed by atoms with van der Waals surface area (Å²) in [7, 11) is 0. The third-order valence-electron chi connectivity index (χ3n) is 8.03. The number of aryl methyl sites for hydroxylation is 1. The van der Waals surface area contributed by atoms with Crippen LogP contribution in [0.4, 0.5) is 18.9 Å². The second kappa shape index (κ2) is 12.6. The van der Waals surface area contributed by atoms with Crippen LogP contribution in [0.25, 0.3) is 0 Å². The molecule has 1 aliphatic carbocycles. The van der Waals surface area contributed by atoms with Gasteiger partial charge in [0.2, 0.25) is 0 Å². The van der Waals surface area contributed by atoms with Gasteiger partial charge in [-0.15, -0.1) is 0 Å². The standard InChI is InChI=1S/C32H38ClF3N2O3/c1-31(2,3)29(40)11-8-20-6-9-26(33)24(16-20)28(39)18-22-7-10-27(25(17-22)30(41)37-19-21-4-5-21)38-14-12-23(13-15-38)32(34,35)36/h6-7,9-10,16-17,21,23H,4-5,8,11-15,18-19H2,1-3H3,(H,37,41). The van der Waals surface area contributed by atoms with E-state index in [1.165, 1.54) is 0 Å². The first-order chi connectivity index (χ1) is 19.2. The number of hydrogen-bond donors (Lipinski definition) is 1. The summed E-state index contributed by atoms with van der Waals surface area (Å²) < 4.78 is 39.6. The van der Waals surface area contributed by atoms with E-state index in [1.807, 2.05) is 31.7 Å². The minimum Gasteiger partial charge on any atom is -0.371 e. The van der Waals surface area contributed by atoms with Gasteiger partial charge in [0.25, 0.3) is 5.91 Å². The average Bonchev–Trinajstić information content (AvgIpc) is 3.74. The molecule has 2 aliphatic rings. The molecule has 2 fully saturated rings. The van der Waals surface area contributed by atoms with Gasteiger partial charge in [0.1, 0.15) is 5.78 Å². The smallest absolute Gasteiger partial charge is 0.371 e. The molecule has 1 aliphatic heterocycles. The largest absolute Gasteiger partial charge is 0.391 e. The van der Waals surface area contributed by atoms with Gasteiger partial charge in [-0.2, -0.15) is 13.2 Å². The van der Waals surface area contributed by atoms with Gasteiger partial charge in [0, 0.05) is 49.1 Å². The van der Waals surface area contributed by atoms with E-state index in [0.29, 0.717) is 52.7 Å². The minimum absolute atomic E-state index is 0.00340. The number of nitrogens with one attached hydrogen (secondary N) is 1. The number of nitrogens with zero attached hydrogens (tertiary/aromatic N) is 1. The Morgan fingerprint density at radius 1 is 0.927 bits per heavy atom. The number of anilines is 1. The first-order valence-corrected chi connectivity index (χ1v) is 14.7. The number of carbonyl (C=O) groups excluding carboxylic acids is 3. The molecule has 0 radical (unpaired) electrons. The Kier molecular flexibility index (Phi) is 9.52. The first kappa shape index (κ1) is 31.1. The number of alkyl halides is 3. The van der Waals surface area contributed by atoms with Crippen LogP contribution in [0.1, 0.15) is 84.7 Å². The maximum atomic E-state index is 13.3. The lowest BCUT2D eigenvalue weighted by atomic mass is 9.87. The highest BCUT2D eigenvalue weighted by Gasteiger charge is 2.41. The van der Waals surface area contributed by atoms with Crippen molar-refractivity contribution in [1.82, 2.24) is 5.32 Å². The minimum atomic E-state index is -4.22. The third kappa shape index (κ3) is 8.34. The Hall–Kier alpha value is -2.87. The van der Waals surface area contributed by atoms with E-state index in [2.05, 4.69) is 5.32 Å². The molecular weight excluding hydrogens is 553 g/mol. The van der Waals surface area contributed by atoms with Gasteiger partial charge in [-0.1, -0.05) is 44.5 Å². The Morgan fingerprint density at radius 2 is 1.56 bits per heavy atom. The van der Waals surface area contributed by atoms with Crippen LogP contribution in [0.15, 0.2) is 36.4 Å². The van der Waals surface area contributed by atoms with E-state index >= 15 is 0 Å². The number of halogens is 4. The molecule has 1 saturated carbocycles. The number of carbonyl (C=O) groups is 3. The van der Waals surface area contributed by atoms with Gasteiger partial charge in [-0.25, -0.2) is 0 Å². The predicted octanol–water partition coefficient (Wildman–Crippen LogP) is 7.23. The predicted molar refractivity (Wildman–Crippen MR) is 155 cm³/mol. The molecule has 0 aromatic heterocycles. The van der Waals surface area contributed by atoms with Crippen molar-refractivity contribution in [1.29, 1.82) is 0 Å². The zero-order valence-electron chi connectivity index (χ0n) is 23.9. The van der Waals surface area contributed by atoms with Crippen LogP contribution < -0.4 is 10.2 Å². The topological polar surface area (TPSA) is 66.5 Å². The van der Waals surface area contributed by atoms with E-state index in [1.54, 1.807) is 30.3 Å². The number of amides is 1. The Bertz CT molecular complexity index is 1290. The summed E-state index contributed by atoms with van der Waals surface area (Å²) in [6.07, 6.45) is -1.27. The van der Waals surface area contributed by atoms with Crippen LogP contribution in [-0.4, -0.2) is 43.3 Å². The number of rotatable bonds is 10. The summed E-state index contributed by atoms with van der Waals surface area (Å²) in [5.74, 6) is -1.25. The molecule has 4 rings (SSSR count). The fourth-order valence-electron chi connectivity index (χ4n) is 5.11. The lowest BCUT2D eigenvalue weighted by Gasteiger charge is -2.35. The molecule has 1 saturated heterocycles. The van der Waals surface area contributed by atoms with Crippen LogP contribution in [-0.2, 0) is 17.6 Å². The van der Waals surface area contributed by atoms with Crippen molar-refractivity contribution in [2.45, 2.75) is 71.9 Å². The number of piperidine rings is 1. The summed E-state index contributed by atoms with van der Waals surface area (Å²) in [5.41, 5.74) is 2.32.